The van der Waals surface area contributed by atoms with Crippen LogP contribution in [0.5, 0.6) is 0 Å². The van der Waals surface area contributed by atoms with E-state index in [4.69, 9.17) is 5.73 Å². The first-order valence-corrected chi connectivity index (χ1v) is 6.21. The molecule has 16 heavy (non-hydrogen) atoms. The second-order valence-corrected chi connectivity index (χ2v) is 4.86. The number of aromatic nitrogens is 1. The fourth-order valence-corrected chi connectivity index (χ4v) is 1.89. The van der Waals surface area contributed by atoms with E-state index in [1.165, 1.54) is 0 Å². The zero-order chi connectivity index (χ0) is 12.1. The summed E-state index contributed by atoms with van der Waals surface area (Å²) in [5, 5.41) is 2.85. The van der Waals surface area contributed by atoms with Crippen molar-refractivity contribution in [3.63, 3.8) is 0 Å². The van der Waals surface area contributed by atoms with Crippen LogP contribution in [0.25, 0.3) is 0 Å². The molecule has 0 atom stereocenters. The molecule has 90 valence electrons. The Bertz CT molecular complexity index is 360. The summed E-state index contributed by atoms with van der Waals surface area (Å²) in [5.74, 6) is -0.0483. The predicted molar refractivity (Wildman–Crippen MR) is 68.5 cm³/mol. The molecule has 1 aromatic heterocycles. The van der Waals surface area contributed by atoms with Gasteiger partial charge in [0.1, 0.15) is 5.69 Å². The van der Waals surface area contributed by atoms with Crippen LogP contribution in [0.2, 0.25) is 0 Å². The molecule has 0 aliphatic rings. The summed E-state index contributed by atoms with van der Waals surface area (Å²) in [4.78, 5) is 11.9. The zero-order valence-electron chi connectivity index (χ0n) is 9.66. The summed E-state index contributed by atoms with van der Waals surface area (Å²) < 4.78 is 2.87. The highest BCUT2D eigenvalue weighted by molar-refractivity contribution is 9.10. The highest BCUT2D eigenvalue weighted by Crippen LogP contribution is 2.19. The van der Waals surface area contributed by atoms with Crippen LogP contribution >= 0.6 is 15.9 Å². The summed E-state index contributed by atoms with van der Waals surface area (Å²) in [6.45, 7) is 5.30. The molecule has 0 saturated heterocycles. The van der Waals surface area contributed by atoms with Crippen molar-refractivity contribution in [2.75, 3.05) is 13.1 Å². The third kappa shape index (κ3) is 3.35. The van der Waals surface area contributed by atoms with Gasteiger partial charge in [-0.25, -0.2) is 0 Å². The van der Waals surface area contributed by atoms with Crippen molar-refractivity contribution in [3.8, 4) is 0 Å². The molecule has 0 saturated carbocycles. The average Bonchev–Trinajstić information content (AvgIpc) is 2.61. The van der Waals surface area contributed by atoms with Gasteiger partial charge in [0.15, 0.2) is 0 Å². The minimum atomic E-state index is -0.0483. The molecule has 0 fully saturated rings. The molecule has 0 unspecified atom stereocenters. The molecule has 1 amide bonds. The first-order valence-electron chi connectivity index (χ1n) is 5.42. The average molecular weight is 288 g/mol. The molecule has 0 spiro atoms. The van der Waals surface area contributed by atoms with E-state index in [-0.39, 0.29) is 11.9 Å². The van der Waals surface area contributed by atoms with Crippen LogP contribution in [0.1, 0.15) is 36.8 Å². The largest absolute Gasteiger partial charge is 0.351 e. The number of rotatable bonds is 5. The van der Waals surface area contributed by atoms with Crippen LogP contribution in [-0.2, 0) is 0 Å². The van der Waals surface area contributed by atoms with E-state index < -0.39 is 0 Å². The van der Waals surface area contributed by atoms with Gasteiger partial charge in [0.25, 0.3) is 5.91 Å². The second-order valence-electron chi connectivity index (χ2n) is 3.94. The minimum absolute atomic E-state index is 0.0483. The summed E-state index contributed by atoms with van der Waals surface area (Å²) in [6.07, 6.45) is 2.72. The fraction of sp³-hybridized carbons (Fsp3) is 0.545. The first kappa shape index (κ1) is 13.3. The van der Waals surface area contributed by atoms with E-state index in [2.05, 4.69) is 21.2 Å². The number of hydrogen-bond acceptors (Lipinski definition) is 2. The Balaban J connectivity index is 2.74. The second kappa shape index (κ2) is 6.06. The molecule has 0 radical (unpaired) electrons. The molecule has 0 bridgehead atoms. The van der Waals surface area contributed by atoms with Gasteiger partial charge in [-0.05, 0) is 48.8 Å². The molecule has 0 aliphatic carbocycles. The van der Waals surface area contributed by atoms with Crippen molar-refractivity contribution in [2.24, 2.45) is 5.73 Å². The number of nitrogens with two attached hydrogens (primary N) is 1. The fourth-order valence-electron chi connectivity index (χ4n) is 1.45. The minimum Gasteiger partial charge on any atom is -0.351 e. The summed E-state index contributed by atoms with van der Waals surface area (Å²) in [5.41, 5.74) is 6.05. The van der Waals surface area contributed by atoms with E-state index in [9.17, 15) is 4.79 Å². The lowest BCUT2D eigenvalue weighted by Gasteiger charge is -2.12. The van der Waals surface area contributed by atoms with Crippen LogP contribution in [-0.4, -0.2) is 23.6 Å². The molecule has 1 rings (SSSR count). The number of nitrogens with one attached hydrogen (secondary N) is 1. The van der Waals surface area contributed by atoms with Crippen molar-refractivity contribution < 1.29 is 4.79 Å². The van der Waals surface area contributed by atoms with E-state index in [1.807, 2.05) is 30.7 Å². The number of amides is 1. The van der Waals surface area contributed by atoms with Crippen molar-refractivity contribution >= 4 is 21.8 Å². The number of carbonyl (C=O) groups excluding carboxylic acids is 1. The zero-order valence-corrected chi connectivity index (χ0v) is 11.3. The quantitative estimate of drug-likeness (QED) is 0.813. The van der Waals surface area contributed by atoms with Crippen LogP contribution in [0.15, 0.2) is 16.7 Å². The van der Waals surface area contributed by atoms with Crippen molar-refractivity contribution in [3.05, 3.63) is 22.4 Å². The van der Waals surface area contributed by atoms with Gasteiger partial charge in [0.05, 0.1) is 0 Å². The number of halogens is 1. The van der Waals surface area contributed by atoms with E-state index in [1.54, 1.807) is 0 Å². The van der Waals surface area contributed by atoms with Gasteiger partial charge in [-0.3, -0.25) is 4.79 Å². The Hall–Kier alpha value is -0.810. The van der Waals surface area contributed by atoms with Gasteiger partial charge < -0.3 is 15.6 Å². The number of nitrogens with zero attached hydrogens (tertiary/aromatic N) is 1. The SMILES string of the molecule is CC(C)n1cc(Br)cc1C(=O)NCCCN. The van der Waals surface area contributed by atoms with Crippen LogP contribution in [0.4, 0.5) is 0 Å². The lowest BCUT2D eigenvalue weighted by molar-refractivity contribution is 0.0942. The van der Waals surface area contributed by atoms with E-state index >= 15 is 0 Å². The van der Waals surface area contributed by atoms with Crippen molar-refractivity contribution in [1.29, 1.82) is 0 Å². The third-order valence-corrected chi connectivity index (χ3v) is 2.70. The Morgan fingerprint density at radius 3 is 2.88 bits per heavy atom. The molecule has 4 nitrogen and oxygen atoms in total. The normalized spacial score (nSPS) is 10.8. The number of carbonyl (C=O) groups is 1. The van der Waals surface area contributed by atoms with Crippen LogP contribution in [0, 0.1) is 0 Å². The van der Waals surface area contributed by atoms with Crippen LogP contribution < -0.4 is 11.1 Å². The van der Waals surface area contributed by atoms with Gasteiger partial charge in [-0.2, -0.15) is 0 Å². The summed E-state index contributed by atoms with van der Waals surface area (Å²) in [6, 6.07) is 2.10. The first-order chi connectivity index (χ1) is 7.56. The lowest BCUT2D eigenvalue weighted by Crippen LogP contribution is -2.28. The Morgan fingerprint density at radius 2 is 2.31 bits per heavy atom. The highest BCUT2D eigenvalue weighted by Gasteiger charge is 2.14. The predicted octanol–water partition coefficient (Wildman–Crippen LogP) is 1.91. The lowest BCUT2D eigenvalue weighted by atomic mass is 10.3. The van der Waals surface area contributed by atoms with E-state index in [0.29, 0.717) is 18.8 Å². The molecule has 0 aliphatic heterocycles. The molecule has 5 heteroatoms. The smallest absolute Gasteiger partial charge is 0.267 e. The van der Waals surface area contributed by atoms with Crippen molar-refractivity contribution in [1.82, 2.24) is 9.88 Å². The third-order valence-electron chi connectivity index (χ3n) is 2.27. The van der Waals surface area contributed by atoms with E-state index in [0.717, 1.165) is 10.9 Å². The van der Waals surface area contributed by atoms with Crippen LogP contribution in [0.3, 0.4) is 0 Å². The monoisotopic (exact) mass is 287 g/mol. The van der Waals surface area contributed by atoms with Crippen molar-refractivity contribution in [2.45, 2.75) is 26.3 Å². The van der Waals surface area contributed by atoms with Gasteiger partial charge >= 0.3 is 0 Å². The summed E-state index contributed by atoms with van der Waals surface area (Å²) in [7, 11) is 0. The molecule has 0 aromatic carbocycles. The Kier molecular flexibility index (Phi) is 5.02. The maximum Gasteiger partial charge on any atom is 0.267 e. The van der Waals surface area contributed by atoms with Gasteiger partial charge in [0, 0.05) is 23.3 Å². The maximum absolute atomic E-state index is 11.9. The number of hydrogen-bond donors (Lipinski definition) is 2. The molecule has 1 heterocycles. The Morgan fingerprint density at radius 1 is 1.62 bits per heavy atom. The van der Waals surface area contributed by atoms with Gasteiger partial charge in [-0.1, -0.05) is 0 Å². The van der Waals surface area contributed by atoms with Gasteiger partial charge in [0.2, 0.25) is 0 Å². The highest BCUT2D eigenvalue weighted by atomic mass is 79.9. The van der Waals surface area contributed by atoms with Gasteiger partial charge in [-0.15, -0.1) is 0 Å². The summed E-state index contributed by atoms with van der Waals surface area (Å²) >= 11 is 3.38. The standard InChI is InChI=1S/C11H18BrN3O/c1-8(2)15-7-9(12)6-10(15)11(16)14-5-3-4-13/h6-8H,3-5,13H2,1-2H3,(H,14,16). The topological polar surface area (TPSA) is 60.0 Å². The maximum atomic E-state index is 11.9. The molecular formula is C11H18BrN3O. The molecule has 3 N–H and O–H groups in total. The molecule has 1 aromatic rings. The molecular weight excluding hydrogens is 270 g/mol. The Labute approximate surface area is 104 Å².